The molecule has 5 nitrogen and oxygen atoms in total. The highest BCUT2D eigenvalue weighted by molar-refractivity contribution is 5.16. The van der Waals surface area contributed by atoms with E-state index in [0.717, 1.165) is 36.0 Å². The molecule has 0 bridgehead atoms. The van der Waals surface area contributed by atoms with Gasteiger partial charge in [0.2, 0.25) is 0 Å². The smallest absolute Gasteiger partial charge is 0.106 e. The Morgan fingerprint density at radius 2 is 1.17 bits per heavy atom. The van der Waals surface area contributed by atoms with Crippen molar-refractivity contribution in [3.8, 4) is 0 Å². The van der Waals surface area contributed by atoms with Crippen LogP contribution in [0.5, 0.6) is 0 Å². The van der Waals surface area contributed by atoms with E-state index in [1.54, 1.807) is 0 Å². The number of hydrogen-bond donors (Lipinski definition) is 1. The monoisotopic (exact) mass is 487 g/mol. The molecule has 1 aliphatic rings. The minimum Gasteiger partial charge on any atom is -0.375 e. The molecule has 1 N–H and O–H groups in total. The molecule has 0 aliphatic carbocycles. The summed E-state index contributed by atoms with van der Waals surface area (Å²) in [5.41, 5.74) is 3.28. The van der Waals surface area contributed by atoms with Crippen LogP contribution in [-0.2, 0) is 34.0 Å². The molecule has 5 heteroatoms. The van der Waals surface area contributed by atoms with E-state index in [2.05, 4.69) is 18.7 Å². The third-order valence-corrected chi connectivity index (χ3v) is 6.64. The number of rotatable bonds is 14. The summed E-state index contributed by atoms with van der Waals surface area (Å²) in [5.74, 6) is 0. The van der Waals surface area contributed by atoms with E-state index in [9.17, 15) is 5.21 Å². The first kappa shape index (κ1) is 26.3. The van der Waals surface area contributed by atoms with Crippen molar-refractivity contribution in [2.24, 2.45) is 0 Å². The van der Waals surface area contributed by atoms with Crippen molar-refractivity contribution in [2.45, 2.75) is 63.4 Å². The lowest BCUT2D eigenvalue weighted by Crippen LogP contribution is -2.40. The minimum absolute atomic E-state index is 0.195. The van der Waals surface area contributed by atoms with E-state index in [-0.39, 0.29) is 24.3 Å². The molecule has 190 valence electrons. The summed E-state index contributed by atoms with van der Waals surface area (Å²) in [7, 11) is 0. The van der Waals surface area contributed by atoms with Crippen molar-refractivity contribution in [1.82, 2.24) is 5.06 Å². The molecule has 0 saturated carbocycles. The van der Waals surface area contributed by atoms with Crippen molar-refractivity contribution in [3.05, 3.63) is 120 Å². The topological polar surface area (TPSA) is 51.2 Å². The fourth-order valence-electron chi connectivity index (χ4n) is 4.74. The van der Waals surface area contributed by atoms with Gasteiger partial charge in [-0.05, 0) is 36.0 Å². The van der Waals surface area contributed by atoms with Gasteiger partial charge in [-0.1, -0.05) is 97.1 Å². The molecule has 4 rings (SSSR count). The number of benzene rings is 3. The van der Waals surface area contributed by atoms with E-state index in [4.69, 9.17) is 14.2 Å². The zero-order valence-electron chi connectivity index (χ0n) is 20.8. The number of hydrogen-bond acceptors (Lipinski definition) is 5. The van der Waals surface area contributed by atoms with Crippen LogP contribution in [0.25, 0.3) is 0 Å². The first-order valence-electron chi connectivity index (χ1n) is 12.8. The second kappa shape index (κ2) is 14.1. The maximum Gasteiger partial charge on any atom is 0.106 e. The molecule has 1 saturated heterocycles. The van der Waals surface area contributed by atoms with Gasteiger partial charge in [0.15, 0.2) is 0 Å². The van der Waals surface area contributed by atoms with Crippen LogP contribution in [-0.4, -0.2) is 41.2 Å². The zero-order chi connectivity index (χ0) is 25.0. The van der Waals surface area contributed by atoms with Gasteiger partial charge in [-0.3, -0.25) is 0 Å². The standard InChI is InChI=1S/C31H37NO4/c1-2-3-7-20-28-30(35-22-26-16-10-5-11-17-26)31(36-23-27-18-12-6-13-19-27)29(32(28)33)24-34-21-25-14-8-4-9-15-25/h2,4-6,8-19,28-31,33H,1,3,7,20-24H2. The molecule has 0 spiro atoms. The Morgan fingerprint density at radius 1 is 0.694 bits per heavy atom. The maximum atomic E-state index is 11.3. The summed E-state index contributed by atoms with van der Waals surface area (Å²) in [6.45, 7) is 5.57. The van der Waals surface area contributed by atoms with Gasteiger partial charge in [0.1, 0.15) is 12.2 Å². The Kier molecular flexibility index (Phi) is 10.3. The Labute approximate surface area is 214 Å². The molecule has 1 aliphatic heterocycles. The number of ether oxygens (including phenoxy) is 3. The zero-order valence-corrected chi connectivity index (χ0v) is 20.8. The van der Waals surface area contributed by atoms with Gasteiger partial charge in [0.05, 0.1) is 38.5 Å². The maximum absolute atomic E-state index is 11.3. The van der Waals surface area contributed by atoms with Crippen LogP contribution < -0.4 is 0 Å². The highest BCUT2D eigenvalue weighted by Crippen LogP contribution is 2.33. The molecule has 3 aromatic carbocycles. The second-order valence-electron chi connectivity index (χ2n) is 9.26. The molecule has 0 radical (unpaired) electrons. The van der Waals surface area contributed by atoms with Crippen molar-refractivity contribution in [1.29, 1.82) is 0 Å². The molecule has 36 heavy (non-hydrogen) atoms. The molecule has 1 heterocycles. The Hall–Kier alpha value is -2.80. The highest BCUT2D eigenvalue weighted by atomic mass is 16.6. The molecule has 1 fully saturated rings. The molecular formula is C31H37NO4. The molecule has 4 unspecified atom stereocenters. The van der Waals surface area contributed by atoms with Crippen LogP contribution in [0.1, 0.15) is 36.0 Å². The average molecular weight is 488 g/mol. The second-order valence-corrected chi connectivity index (χ2v) is 9.26. The van der Waals surface area contributed by atoms with E-state index in [0.29, 0.717) is 26.4 Å². The lowest BCUT2D eigenvalue weighted by molar-refractivity contribution is -0.166. The average Bonchev–Trinajstić information content (AvgIpc) is 3.18. The van der Waals surface area contributed by atoms with Crippen molar-refractivity contribution < 1.29 is 19.4 Å². The minimum atomic E-state index is -0.344. The van der Waals surface area contributed by atoms with Crippen molar-refractivity contribution in [3.63, 3.8) is 0 Å². The predicted molar refractivity (Wildman–Crippen MR) is 141 cm³/mol. The quantitative estimate of drug-likeness (QED) is 0.218. The van der Waals surface area contributed by atoms with Crippen LogP contribution in [0.15, 0.2) is 104 Å². The summed E-state index contributed by atoms with van der Waals surface area (Å²) < 4.78 is 19.1. The third kappa shape index (κ3) is 7.36. The predicted octanol–water partition coefficient (Wildman–Crippen LogP) is 6.17. The Bertz CT molecular complexity index is 1010. The Morgan fingerprint density at radius 3 is 1.67 bits per heavy atom. The van der Waals surface area contributed by atoms with E-state index in [1.807, 2.05) is 84.9 Å². The number of nitrogens with zero attached hydrogens (tertiary/aromatic N) is 1. The molecule has 0 aromatic heterocycles. The van der Waals surface area contributed by atoms with Gasteiger partial charge in [-0.25, -0.2) is 0 Å². The van der Waals surface area contributed by atoms with E-state index in [1.165, 1.54) is 5.06 Å². The number of allylic oxidation sites excluding steroid dienone is 1. The van der Waals surface area contributed by atoms with Gasteiger partial charge in [-0.2, -0.15) is 5.06 Å². The van der Waals surface area contributed by atoms with Crippen LogP contribution in [0.4, 0.5) is 0 Å². The SMILES string of the molecule is C=CCCCC1C(OCc2ccccc2)C(OCc2ccccc2)C(COCc2ccccc2)N1O. The van der Waals surface area contributed by atoms with Crippen LogP contribution in [0, 0.1) is 0 Å². The normalized spacial score (nSPS) is 22.0. The summed E-state index contributed by atoms with van der Waals surface area (Å²) >= 11 is 0. The number of unbranched alkanes of at least 4 members (excludes halogenated alkanes) is 1. The molecule has 0 amide bonds. The van der Waals surface area contributed by atoms with Crippen LogP contribution in [0.2, 0.25) is 0 Å². The van der Waals surface area contributed by atoms with Crippen molar-refractivity contribution in [2.75, 3.05) is 6.61 Å². The van der Waals surface area contributed by atoms with Gasteiger partial charge < -0.3 is 19.4 Å². The summed E-state index contributed by atoms with van der Waals surface area (Å²) in [4.78, 5) is 0. The Balaban J connectivity index is 1.51. The van der Waals surface area contributed by atoms with Crippen molar-refractivity contribution >= 4 is 0 Å². The van der Waals surface area contributed by atoms with E-state index < -0.39 is 0 Å². The first-order chi connectivity index (χ1) is 17.8. The van der Waals surface area contributed by atoms with E-state index >= 15 is 0 Å². The van der Waals surface area contributed by atoms with Gasteiger partial charge in [0.25, 0.3) is 0 Å². The fraction of sp³-hybridized carbons (Fsp3) is 0.355. The molecular weight excluding hydrogens is 450 g/mol. The van der Waals surface area contributed by atoms with Crippen LogP contribution in [0.3, 0.4) is 0 Å². The number of hydroxylamine groups is 2. The third-order valence-electron chi connectivity index (χ3n) is 6.64. The van der Waals surface area contributed by atoms with Crippen LogP contribution >= 0.6 is 0 Å². The first-order valence-corrected chi connectivity index (χ1v) is 12.8. The summed E-state index contributed by atoms with van der Waals surface area (Å²) in [6, 6.07) is 29.8. The summed E-state index contributed by atoms with van der Waals surface area (Å²) in [6.07, 6.45) is 3.86. The lowest BCUT2D eigenvalue weighted by Gasteiger charge is -2.26. The van der Waals surface area contributed by atoms with Gasteiger partial charge in [0, 0.05) is 0 Å². The molecule has 4 atom stereocenters. The largest absolute Gasteiger partial charge is 0.375 e. The fourth-order valence-corrected chi connectivity index (χ4v) is 4.74. The molecule has 3 aromatic rings. The summed E-state index contributed by atoms with van der Waals surface area (Å²) in [5, 5.41) is 12.8. The van der Waals surface area contributed by atoms with Gasteiger partial charge >= 0.3 is 0 Å². The van der Waals surface area contributed by atoms with Gasteiger partial charge in [-0.15, -0.1) is 6.58 Å². The lowest BCUT2D eigenvalue weighted by atomic mass is 10.0. The highest BCUT2D eigenvalue weighted by Gasteiger charge is 2.50.